The predicted octanol–water partition coefficient (Wildman–Crippen LogP) is 5.47. The molecule has 0 radical (unpaired) electrons. The van der Waals surface area contributed by atoms with Crippen LogP contribution in [0.2, 0.25) is 0 Å². The summed E-state index contributed by atoms with van der Waals surface area (Å²) < 4.78 is 38.1. The number of anilines is 1. The summed E-state index contributed by atoms with van der Waals surface area (Å²) in [6, 6.07) is 4.21. The Morgan fingerprint density at radius 2 is 2.05 bits per heavy atom. The summed E-state index contributed by atoms with van der Waals surface area (Å²) in [4.78, 5) is 19.2. The SMILES string of the molecule is COc1cc(CCCCCO[C@@H]2CCN([C@@H](C(=O)O)c3cc(C4CCCCO4)cc(F)c3OC)C2)nc2c1CCCN2. The third-order valence-corrected chi connectivity index (χ3v) is 8.60. The van der Waals surface area contributed by atoms with Crippen LogP contribution in [-0.2, 0) is 27.1 Å². The van der Waals surface area contributed by atoms with Crippen molar-refractivity contribution < 1.29 is 33.2 Å². The second-order valence-corrected chi connectivity index (χ2v) is 11.5. The van der Waals surface area contributed by atoms with E-state index in [9.17, 15) is 9.90 Å². The van der Waals surface area contributed by atoms with Crippen molar-refractivity contribution in [2.45, 2.75) is 82.5 Å². The van der Waals surface area contributed by atoms with Gasteiger partial charge in [0.1, 0.15) is 17.6 Å². The zero-order valence-corrected chi connectivity index (χ0v) is 24.8. The molecule has 2 saturated heterocycles. The van der Waals surface area contributed by atoms with Crippen LogP contribution in [-0.4, -0.2) is 74.1 Å². The maximum Gasteiger partial charge on any atom is 0.325 e. The van der Waals surface area contributed by atoms with Crippen LogP contribution in [0.15, 0.2) is 18.2 Å². The van der Waals surface area contributed by atoms with Gasteiger partial charge in [0.05, 0.1) is 26.4 Å². The Morgan fingerprint density at radius 3 is 2.81 bits per heavy atom. The van der Waals surface area contributed by atoms with Crippen LogP contribution in [0.1, 0.15) is 85.9 Å². The minimum absolute atomic E-state index is 0.0202. The number of nitrogens with one attached hydrogen (secondary N) is 1. The van der Waals surface area contributed by atoms with E-state index >= 15 is 4.39 Å². The minimum Gasteiger partial charge on any atom is -0.496 e. The maximum absolute atomic E-state index is 15.1. The smallest absolute Gasteiger partial charge is 0.325 e. The maximum atomic E-state index is 15.1. The highest BCUT2D eigenvalue weighted by Gasteiger charge is 2.37. The highest BCUT2D eigenvalue weighted by atomic mass is 19.1. The quantitative estimate of drug-likeness (QED) is 0.297. The molecule has 5 rings (SSSR count). The summed E-state index contributed by atoms with van der Waals surface area (Å²) in [6.07, 6.45) is 9.10. The fourth-order valence-electron chi connectivity index (χ4n) is 6.46. The van der Waals surface area contributed by atoms with Crippen molar-refractivity contribution >= 4 is 11.8 Å². The van der Waals surface area contributed by atoms with Gasteiger partial charge in [0, 0.05) is 55.7 Å². The van der Waals surface area contributed by atoms with Crippen molar-refractivity contribution in [3.63, 3.8) is 0 Å². The second kappa shape index (κ2) is 14.5. The average molecular weight is 586 g/mol. The molecule has 2 aromatic rings. The summed E-state index contributed by atoms with van der Waals surface area (Å²) in [5, 5.41) is 13.6. The number of benzene rings is 1. The van der Waals surface area contributed by atoms with Gasteiger partial charge in [-0.15, -0.1) is 0 Å². The van der Waals surface area contributed by atoms with Gasteiger partial charge in [0.2, 0.25) is 0 Å². The Kier molecular flexibility index (Phi) is 10.5. The van der Waals surface area contributed by atoms with Gasteiger partial charge >= 0.3 is 5.97 Å². The summed E-state index contributed by atoms with van der Waals surface area (Å²) in [5.41, 5.74) is 3.21. The minimum atomic E-state index is -1.03. The van der Waals surface area contributed by atoms with Gasteiger partial charge in [-0.1, -0.05) is 6.42 Å². The number of ether oxygens (including phenoxy) is 4. The summed E-state index contributed by atoms with van der Waals surface area (Å²) in [6.45, 7) is 3.21. The Labute approximate surface area is 247 Å². The third kappa shape index (κ3) is 7.15. The molecule has 0 saturated carbocycles. The van der Waals surface area contributed by atoms with Gasteiger partial charge < -0.3 is 29.4 Å². The molecular formula is C32H44FN3O6. The number of carboxylic acids is 1. The number of fused-ring (bicyclic) bond motifs is 1. The molecule has 1 aromatic carbocycles. The molecule has 2 fully saturated rings. The van der Waals surface area contributed by atoms with Crippen molar-refractivity contribution in [2.75, 3.05) is 52.4 Å². The highest BCUT2D eigenvalue weighted by molar-refractivity contribution is 5.77. The molecule has 3 aliphatic heterocycles. The Balaban J connectivity index is 1.12. The lowest BCUT2D eigenvalue weighted by Gasteiger charge is -2.28. The van der Waals surface area contributed by atoms with Crippen LogP contribution in [0.3, 0.4) is 0 Å². The zero-order valence-electron chi connectivity index (χ0n) is 24.8. The number of rotatable bonds is 13. The molecule has 3 aliphatic rings. The normalized spacial score (nSPS) is 21.4. The first-order valence-corrected chi connectivity index (χ1v) is 15.4. The number of hydrogen-bond donors (Lipinski definition) is 2. The third-order valence-electron chi connectivity index (χ3n) is 8.60. The van der Waals surface area contributed by atoms with Crippen LogP contribution in [0.5, 0.6) is 11.5 Å². The number of aliphatic carboxylic acids is 1. The van der Waals surface area contributed by atoms with E-state index in [2.05, 4.69) is 11.4 Å². The molecule has 10 heteroatoms. The van der Waals surface area contributed by atoms with Crippen LogP contribution in [0.4, 0.5) is 10.2 Å². The first-order chi connectivity index (χ1) is 20.5. The van der Waals surface area contributed by atoms with E-state index in [1.807, 2.05) is 4.90 Å². The molecule has 2 N–H and O–H groups in total. The van der Waals surface area contributed by atoms with Crippen molar-refractivity contribution in [3.8, 4) is 11.5 Å². The lowest BCUT2D eigenvalue weighted by Crippen LogP contribution is -2.34. The summed E-state index contributed by atoms with van der Waals surface area (Å²) in [5.74, 6) is 0.271. The summed E-state index contributed by atoms with van der Waals surface area (Å²) >= 11 is 0. The number of carbonyl (C=O) groups is 1. The number of aromatic nitrogens is 1. The number of hydrogen-bond acceptors (Lipinski definition) is 8. The van der Waals surface area contributed by atoms with Gasteiger partial charge in [0.25, 0.3) is 0 Å². The molecule has 0 aliphatic carbocycles. The zero-order chi connectivity index (χ0) is 29.5. The number of likely N-dealkylation sites (tertiary alicyclic amines) is 1. The molecule has 0 amide bonds. The molecule has 0 spiro atoms. The lowest BCUT2D eigenvalue weighted by molar-refractivity contribution is -0.143. The fourth-order valence-corrected chi connectivity index (χ4v) is 6.46. The van der Waals surface area contributed by atoms with E-state index in [0.717, 1.165) is 88.0 Å². The van der Waals surface area contributed by atoms with Gasteiger partial charge in [0.15, 0.2) is 11.6 Å². The topological polar surface area (TPSA) is 102 Å². The number of unbranched alkanes of at least 4 members (excludes halogenated alkanes) is 2. The van der Waals surface area contributed by atoms with E-state index in [1.165, 1.54) is 18.7 Å². The standard InChI is InChI=1S/C32H44FN3O6/c1-39-28-19-22(35-31-24(28)10-8-13-34-31)9-4-3-6-15-41-23-12-14-36(20-23)29(32(37)38)25-17-21(18-26(33)30(25)40-2)27-11-5-7-16-42-27/h17-19,23,27,29H,3-16,20H2,1-2H3,(H,34,35)(H,37,38)/t23-,27?,29-/m1/s1. The molecule has 4 heterocycles. The number of halogens is 1. The molecule has 9 nitrogen and oxygen atoms in total. The van der Waals surface area contributed by atoms with E-state index in [4.69, 9.17) is 23.9 Å². The van der Waals surface area contributed by atoms with E-state index in [0.29, 0.717) is 37.4 Å². The summed E-state index contributed by atoms with van der Waals surface area (Å²) in [7, 11) is 3.09. The molecule has 3 atom stereocenters. The van der Waals surface area contributed by atoms with E-state index < -0.39 is 17.8 Å². The first-order valence-electron chi connectivity index (χ1n) is 15.4. The van der Waals surface area contributed by atoms with Gasteiger partial charge in [-0.25, -0.2) is 9.37 Å². The Hall–Kier alpha value is -2.95. The van der Waals surface area contributed by atoms with Crippen molar-refractivity contribution in [1.29, 1.82) is 0 Å². The number of nitrogens with zero attached hydrogens (tertiary/aromatic N) is 2. The van der Waals surface area contributed by atoms with Crippen molar-refractivity contribution in [2.24, 2.45) is 0 Å². The monoisotopic (exact) mass is 585 g/mol. The molecule has 1 unspecified atom stereocenters. The van der Waals surface area contributed by atoms with Crippen LogP contribution in [0, 0.1) is 5.82 Å². The highest BCUT2D eigenvalue weighted by Crippen LogP contribution is 2.39. The molecule has 0 bridgehead atoms. The number of carboxylic acid groups (broad SMARTS) is 1. The van der Waals surface area contributed by atoms with Gasteiger partial charge in [-0.2, -0.15) is 0 Å². The van der Waals surface area contributed by atoms with Gasteiger partial charge in [-0.05, 0) is 75.5 Å². The van der Waals surface area contributed by atoms with E-state index in [1.54, 1.807) is 13.2 Å². The Morgan fingerprint density at radius 1 is 1.17 bits per heavy atom. The first kappa shape index (κ1) is 30.5. The lowest BCUT2D eigenvalue weighted by atomic mass is 9.95. The van der Waals surface area contributed by atoms with Crippen LogP contribution < -0.4 is 14.8 Å². The van der Waals surface area contributed by atoms with Crippen molar-refractivity contribution in [1.82, 2.24) is 9.88 Å². The molecule has 1 aromatic heterocycles. The predicted molar refractivity (Wildman–Crippen MR) is 157 cm³/mol. The Bertz CT molecular complexity index is 1200. The van der Waals surface area contributed by atoms with Crippen LogP contribution in [0.25, 0.3) is 0 Å². The molecular weight excluding hydrogens is 541 g/mol. The molecule has 230 valence electrons. The second-order valence-electron chi connectivity index (χ2n) is 11.5. The van der Waals surface area contributed by atoms with E-state index in [-0.39, 0.29) is 18.0 Å². The largest absolute Gasteiger partial charge is 0.496 e. The number of methoxy groups -OCH3 is 2. The average Bonchev–Trinajstić information content (AvgIpc) is 3.46. The van der Waals surface area contributed by atoms with Gasteiger partial charge in [-0.3, -0.25) is 9.69 Å². The molecule has 42 heavy (non-hydrogen) atoms. The number of aryl methyl sites for hydroxylation is 1. The van der Waals surface area contributed by atoms with Crippen LogP contribution >= 0.6 is 0 Å². The van der Waals surface area contributed by atoms with Crippen molar-refractivity contribution in [3.05, 3.63) is 46.4 Å². The fraction of sp³-hybridized carbons (Fsp3) is 0.625. The number of pyridine rings is 1.